The van der Waals surface area contributed by atoms with Gasteiger partial charge in [0.05, 0.1) is 0 Å². The zero-order valence-electron chi connectivity index (χ0n) is 15.4. The fourth-order valence-electron chi connectivity index (χ4n) is 3.44. The molecule has 0 saturated carbocycles. The van der Waals surface area contributed by atoms with Gasteiger partial charge in [0.1, 0.15) is 6.04 Å². The summed E-state index contributed by atoms with van der Waals surface area (Å²) in [6.07, 6.45) is 1.63. The van der Waals surface area contributed by atoms with E-state index in [1.807, 2.05) is 0 Å². The highest BCUT2D eigenvalue weighted by Gasteiger charge is 2.32. The summed E-state index contributed by atoms with van der Waals surface area (Å²) in [6.45, 7) is 3.50. The number of nitrogens with zero attached hydrogens (tertiary/aromatic N) is 2. The molecule has 2 heterocycles. The quantitative estimate of drug-likeness (QED) is 0.812. The molecule has 27 heavy (non-hydrogen) atoms. The number of hydrogen-bond donors (Lipinski definition) is 2. The molecule has 1 unspecified atom stereocenters. The molecule has 2 N–H and O–H groups in total. The molecule has 2 fully saturated rings. The maximum atomic E-state index is 12.7. The Morgan fingerprint density at radius 3 is 2.33 bits per heavy atom. The third kappa shape index (κ3) is 4.64. The molecular formula is C19H24N4O4. The first-order valence-corrected chi connectivity index (χ1v) is 9.19. The van der Waals surface area contributed by atoms with E-state index in [2.05, 4.69) is 10.6 Å². The van der Waals surface area contributed by atoms with Crippen LogP contribution in [0.15, 0.2) is 24.3 Å². The second kappa shape index (κ2) is 8.20. The van der Waals surface area contributed by atoms with Gasteiger partial charge < -0.3 is 20.4 Å². The Labute approximate surface area is 157 Å². The zero-order valence-corrected chi connectivity index (χ0v) is 15.4. The van der Waals surface area contributed by atoms with Crippen LogP contribution in [0.1, 0.15) is 36.5 Å². The fraction of sp³-hybridized carbons (Fsp3) is 0.474. The summed E-state index contributed by atoms with van der Waals surface area (Å²) in [6, 6.07) is 6.35. The Balaban J connectivity index is 1.58. The topological polar surface area (TPSA) is 98.8 Å². The van der Waals surface area contributed by atoms with Gasteiger partial charge in [-0.15, -0.1) is 0 Å². The van der Waals surface area contributed by atoms with Crippen LogP contribution in [0.4, 0.5) is 5.69 Å². The Bertz CT molecular complexity index is 747. The fourth-order valence-corrected chi connectivity index (χ4v) is 3.44. The second-order valence-electron chi connectivity index (χ2n) is 6.89. The smallest absolute Gasteiger partial charge is 0.253 e. The van der Waals surface area contributed by atoms with Crippen molar-refractivity contribution in [3.05, 3.63) is 29.8 Å². The first-order valence-electron chi connectivity index (χ1n) is 9.19. The monoisotopic (exact) mass is 372 g/mol. The first kappa shape index (κ1) is 18.9. The van der Waals surface area contributed by atoms with E-state index < -0.39 is 6.04 Å². The van der Waals surface area contributed by atoms with E-state index in [1.165, 1.54) is 6.92 Å². The average molecular weight is 372 g/mol. The molecule has 3 rings (SSSR count). The Hall–Kier alpha value is -2.90. The van der Waals surface area contributed by atoms with E-state index >= 15 is 0 Å². The number of amides is 4. The van der Waals surface area contributed by atoms with E-state index in [0.717, 1.165) is 0 Å². The molecule has 0 aromatic heterocycles. The van der Waals surface area contributed by atoms with Crippen LogP contribution in [0.5, 0.6) is 0 Å². The van der Waals surface area contributed by atoms with Crippen molar-refractivity contribution < 1.29 is 19.2 Å². The molecule has 0 spiro atoms. The molecule has 1 atom stereocenters. The van der Waals surface area contributed by atoms with Crippen LogP contribution in [0.2, 0.25) is 0 Å². The summed E-state index contributed by atoms with van der Waals surface area (Å²) in [5.41, 5.74) is 1.19. The normalized spacial score (nSPS) is 20.0. The molecule has 8 heteroatoms. The van der Waals surface area contributed by atoms with E-state index in [4.69, 9.17) is 0 Å². The highest BCUT2D eigenvalue weighted by atomic mass is 16.2. The number of rotatable bonds is 3. The van der Waals surface area contributed by atoms with Crippen LogP contribution in [-0.2, 0) is 14.4 Å². The van der Waals surface area contributed by atoms with E-state index in [1.54, 1.807) is 34.1 Å². The predicted octanol–water partition coefficient (Wildman–Crippen LogP) is 0.598. The molecule has 144 valence electrons. The molecule has 0 aliphatic carbocycles. The van der Waals surface area contributed by atoms with Crippen LogP contribution < -0.4 is 10.6 Å². The summed E-state index contributed by atoms with van der Waals surface area (Å²) in [5, 5.41) is 5.38. The molecule has 1 aromatic rings. The number of carbonyl (C=O) groups excluding carboxylic acids is 4. The molecular weight excluding hydrogens is 348 g/mol. The van der Waals surface area contributed by atoms with Crippen LogP contribution in [0, 0.1) is 0 Å². The molecule has 4 amide bonds. The van der Waals surface area contributed by atoms with E-state index in [-0.39, 0.29) is 23.6 Å². The van der Waals surface area contributed by atoms with Crippen molar-refractivity contribution >= 4 is 29.3 Å². The van der Waals surface area contributed by atoms with Crippen molar-refractivity contribution in [2.24, 2.45) is 0 Å². The van der Waals surface area contributed by atoms with Gasteiger partial charge >= 0.3 is 0 Å². The van der Waals surface area contributed by atoms with Crippen LogP contribution in [-0.4, -0.2) is 65.6 Å². The van der Waals surface area contributed by atoms with Crippen LogP contribution in [0.25, 0.3) is 0 Å². The summed E-state index contributed by atoms with van der Waals surface area (Å²) in [7, 11) is 0. The average Bonchev–Trinajstić information content (AvgIpc) is 2.93. The van der Waals surface area contributed by atoms with Gasteiger partial charge in [-0.2, -0.15) is 0 Å². The second-order valence-corrected chi connectivity index (χ2v) is 6.89. The van der Waals surface area contributed by atoms with Crippen molar-refractivity contribution in [2.45, 2.75) is 32.2 Å². The van der Waals surface area contributed by atoms with E-state index in [0.29, 0.717) is 56.7 Å². The number of nitrogens with one attached hydrogen (secondary N) is 2. The standard InChI is InChI=1S/C19H24N4O4/c1-13(24)20-15-5-3-14(4-6-15)18(26)22-9-2-10-23(12-11-22)19(27)16-7-8-17(25)21-16/h3-6,16H,2,7-12H2,1H3,(H,20,24)(H,21,25). The van der Waals surface area contributed by atoms with Crippen molar-refractivity contribution in [1.29, 1.82) is 0 Å². The predicted molar refractivity (Wildman–Crippen MR) is 99.0 cm³/mol. The van der Waals surface area contributed by atoms with Crippen molar-refractivity contribution in [3.8, 4) is 0 Å². The highest BCUT2D eigenvalue weighted by Crippen LogP contribution is 2.15. The van der Waals surface area contributed by atoms with Crippen molar-refractivity contribution in [1.82, 2.24) is 15.1 Å². The van der Waals surface area contributed by atoms with Gasteiger partial charge in [-0.1, -0.05) is 0 Å². The van der Waals surface area contributed by atoms with Gasteiger partial charge in [0, 0.05) is 50.8 Å². The summed E-state index contributed by atoms with van der Waals surface area (Å²) in [4.78, 5) is 51.2. The Morgan fingerprint density at radius 1 is 1.04 bits per heavy atom. The van der Waals surface area contributed by atoms with Gasteiger partial charge in [0.2, 0.25) is 17.7 Å². The number of carbonyl (C=O) groups is 4. The van der Waals surface area contributed by atoms with Gasteiger partial charge in [-0.05, 0) is 37.1 Å². The summed E-state index contributed by atoms with van der Waals surface area (Å²) >= 11 is 0. The van der Waals surface area contributed by atoms with E-state index in [9.17, 15) is 19.2 Å². The minimum atomic E-state index is -0.430. The molecule has 2 aliphatic heterocycles. The Kier molecular flexibility index (Phi) is 5.73. The van der Waals surface area contributed by atoms with Crippen molar-refractivity contribution in [2.75, 3.05) is 31.5 Å². The zero-order chi connectivity index (χ0) is 19.4. The lowest BCUT2D eigenvalue weighted by Gasteiger charge is -2.24. The number of benzene rings is 1. The number of anilines is 1. The molecule has 2 aliphatic rings. The van der Waals surface area contributed by atoms with Crippen LogP contribution in [0.3, 0.4) is 0 Å². The molecule has 8 nitrogen and oxygen atoms in total. The lowest BCUT2D eigenvalue weighted by molar-refractivity contribution is -0.134. The minimum Gasteiger partial charge on any atom is -0.344 e. The first-order chi connectivity index (χ1) is 12.9. The maximum absolute atomic E-state index is 12.7. The molecule has 0 bridgehead atoms. The lowest BCUT2D eigenvalue weighted by atomic mass is 10.1. The summed E-state index contributed by atoms with van der Waals surface area (Å²) < 4.78 is 0. The SMILES string of the molecule is CC(=O)Nc1ccc(C(=O)N2CCCN(C(=O)C3CCC(=O)N3)CC2)cc1. The maximum Gasteiger partial charge on any atom is 0.253 e. The molecule has 2 saturated heterocycles. The third-order valence-corrected chi connectivity index (χ3v) is 4.84. The van der Waals surface area contributed by atoms with Crippen molar-refractivity contribution in [3.63, 3.8) is 0 Å². The minimum absolute atomic E-state index is 0.0604. The molecule has 1 aromatic carbocycles. The van der Waals surface area contributed by atoms with Crippen LogP contribution >= 0.6 is 0 Å². The molecule has 0 radical (unpaired) electrons. The van der Waals surface area contributed by atoms with Gasteiger partial charge in [0.25, 0.3) is 5.91 Å². The number of hydrogen-bond acceptors (Lipinski definition) is 4. The largest absolute Gasteiger partial charge is 0.344 e. The lowest BCUT2D eigenvalue weighted by Crippen LogP contribution is -2.46. The van der Waals surface area contributed by atoms with Gasteiger partial charge in [-0.3, -0.25) is 19.2 Å². The van der Waals surface area contributed by atoms with Gasteiger partial charge in [0.15, 0.2) is 0 Å². The van der Waals surface area contributed by atoms with Gasteiger partial charge in [-0.25, -0.2) is 0 Å². The highest BCUT2D eigenvalue weighted by molar-refractivity contribution is 5.95. The third-order valence-electron chi connectivity index (χ3n) is 4.84. The summed E-state index contributed by atoms with van der Waals surface area (Å²) in [5.74, 6) is -0.393. The Morgan fingerprint density at radius 2 is 1.70 bits per heavy atom.